The molecule has 0 heterocycles. The molecule has 0 aliphatic heterocycles. The van der Waals surface area contributed by atoms with Gasteiger partial charge in [-0.25, -0.2) is 14.6 Å². The van der Waals surface area contributed by atoms with Gasteiger partial charge in [0.25, 0.3) is 0 Å². The van der Waals surface area contributed by atoms with Gasteiger partial charge in [-0.3, -0.25) is 4.89 Å². The van der Waals surface area contributed by atoms with Crippen LogP contribution >= 0.6 is 0 Å². The smallest absolute Gasteiger partial charge is 0.424 e. The van der Waals surface area contributed by atoms with Crippen LogP contribution in [0.2, 0.25) is 0 Å². The standard InChI is InChI=1S/C18H36O7/c1-9-17(5,6)25-23-15(4)11-10-12-21-24-16(19)22-18(7,8)13-20-14(2)3/h14-15H,9-13H2,1-8H3. The van der Waals surface area contributed by atoms with E-state index in [0.29, 0.717) is 12.8 Å². The summed E-state index contributed by atoms with van der Waals surface area (Å²) in [7, 11) is 0. The number of hydrogen-bond acceptors (Lipinski definition) is 7. The Morgan fingerprint density at radius 1 is 1.04 bits per heavy atom. The Balaban J connectivity index is 3.78. The van der Waals surface area contributed by atoms with Gasteiger partial charge in [0.05, 0.1) is 31.0 Å². The molecule has 7 heteroatoms. The molecule has 0 saturated carbocycles. The summed E-state index contributed by atoms with van der Waals surface area (Å²) in [6.45, 7) is 15.7. The Morgan fingerprint density at radius 2 is 1.68 bits per heavy atom. The van der Waals surface area contributed by atoms with Crippen molar-refractivity contribution in [2.75, 3.05) is 13.2 Å². The molecule has 1 atom stereocenters. The van der Waals surface area contributed by atoms with E-state index in [9.17, 15) is 4.79 Å². The van der Waals surface area contributed by atoms with Crippen molar-refractivity contribution in [2.24, 2.45) is 0 Å². The average molecular weight is 364 g/mol. The van der Waals surface area contributed by atoms with Crippen LogP contribution in [0.25, 0.3) is 0 Å². The van der Waals surface area contributed by atoms with Crippen molar-refractivity contribution < 1.29 is 33.8 Å². The second-order valence-electron chi connectivity index (χ2n) is 7.62. The number of hydrogen-bond donors (Lipinski definition) is 0. The van der Waals surface area contributed by atoms with Crippen LogP contribution in [0.4, 0.5) is 4.79 Å². The van der Waals surface area contributed by atoms with E-state index in [2.05, 4.69) is 4.89 Å². The maximum atomic E-state index is 11.6. The minimum atomic E-state index is -0.880. The summed E-state index contributed by atoms with van der Waals surface area (Å²) in [6.07, 6.45) is 1.34. The molecule has 0 aromatic carbocycles. The summed E-state index contributed by atoms with van der Waals surface area (Å²) in [5.74, 6) is 0. The summed E-state index contributed by atoms with van der Waals surface area (Å²) in [6, 6.07) is 0. The van der Waals surface area contributed by atoms with Gasteiger partial charge in [0.1, 0.15) is 5.60 Å². The first-order chi connectivity index (χ1) is 11.5. The lowest BCUT2D eigenvalue weighted by atomic mass is 10.1. The van der Waals surface area contributed by atoms with Gasteiger partial charge in [0.2, 0.25) is 0 Å². The number of carbonyl (C=O) groups excluding carboxylic acids is 1. The molecular weight excluding hydrogens is 328 g/mol. The summed E-state index contributed by atoms with van der Waals surface area (Å²) >= 11 is 0. The van der Waals surface area contributed by atoms with Gasteiger partial charge >= 0.3 is 6.16 Å². The van der Waals surface area contributed by atoms with E-state index in [1.54, 1.807) is 13.8 Å². The first-order valence-corrected chi connectivity index (χ1v) is 8.96. The van der Waals surface area contributed by atoms with Gasteiger partial charge in [-0.2, -0.15) is 4.89 Å². The minimum Gasteiger partial charge on any atom is -0.424 e. The van der Waals surface area contributed by atoms with Crippen molar-refractivity contribution in [3.63, 3.8) is 0 Å². The van der Waals surface area contributed by atoms with Crippen molar-refractivity contribution >= 4 is 6.16 Å². The van der Waals surface area contributed by atoms with Crippen LogP contribution in [0.1, 0.15) is 74.7 Å². The highest BCUT2D eigenvalue weighted by Crippen LogP contribution is 2.16. The fraction of sp³-hybridized carbons (Fsp3) is 0.944. The molecule has 0 aromatic rings. The van der Waals surface area contributed by atoms with Crippen LogP contribution in [-0.2, 0) is 29.0 Å². The van der Waals surface area contributed by atoms with E-state index in [1.165, 1.54) is 0 Å². The Labute approximate surface area is 152 Å². The molecule has 0 amide bonds. The minimum absolute atomic E-state index is 0.0613. The van der Waals surface area contributed by atoms with Crippen molar-refractivity contribution in [1.29, 1.82) is 0 Å². The van der Waals surface area contributed by atoms with Crippen molar-refractivity contribution in [1.82, 2.24) is 0 Å². The monoisotopic (exact) mass is 364 g/mol. The van der Waals surface area contributed by atoms with Gasteiger partial charge in [0, 0.05) is 0 Å². The van der Waals surface area contributed by atoms with Crippen LogP contribution in [0.3, 0.4) is 0 Å². The summed E-state index contributed by atoms with van der Waals surface area (Å²) in [5.41, 5.74) is -1.08. The average Bonchev–Trinajstić information content (AvgIpc) is 2.50. The fourth-order valence-corrected chi connectivity index (χ4v) is 1.48. The van der Waals surface area contributed by atoms with E-state index in [0.717, 1.165) is 6.42 Å². The lowest BCUT2D eigenvalue weighted by molar-refractivity contribution is -0.375. The molecule has 0 aliphatic rings. The molecule has 0 N–H and O–H groups in total. The van der Waals surface area contributed by atoms with Crippen LogP contribution < -0.4 is 0 Å². The predicted octanol–water partition coefficient (Wildman–Crippen LogP) is 4.58. The third-order valence-electron chi connectivity index (χ3n) is 3.38. The molecule has 0 aromatic heterocycles. The Hall–Kier alpha value is -0.890. The lowest BCUT2D eigenvalue weighted by Gasteiger charge is -2.25. The quantitative estimate of drug-likeness (QED) is 0.205. The van der Waals surface area contributed by atoms with Crippen molar-refractivity contribution in [3.8, 4) is 0 Å². The Bertz CT molecular complexity index is 366. The molecule has 150 valence electrons. The van der Waals surface area contributed by atoms with E-state index in [-0.39, 0.29) is 31.0 Å². The van der Waals surface area contributed by atoms with E-state index in [1.807, 2.05) is 41.5 Å². The highest BCUT2D eigenvalue weighted by Gasteiger charge is 2.25. The van der Waals surface area contributed by atoms with Gasteiger partial charge in [-0.05, 0) is 67.7 Å². The van der Waals surface area contributed by atoms with E-state index >= 15 is 0 Å². The third kappa shape index (κ3) is 14.0. The van der Waals surface area contributed by atoms with Crippen LogP contribution in [0.15, 0.2) is 0 Å². The zero-order valence-electron chi connectivity index (χ0n) is 17.0. The molecule has 7 nitrogen and oxygen atoms in total. The zero-order chi connectivity index (χ0) is 19.5. The largest absolute Gasteiger partial charge is 0.541 e. The van der Waals surface area contributed by atoms with Gasteiger partial charge in [-0.15, -0.1) is 0 Å². The van der Waals surface area contributed by atoms with Crippen molar-refractivity contribution in [3.05, 3.63) is 0 Å². The molecule has 0 fully saturated rings. The maximum Gasteiger partial charge on any atom is 0.541 e. The maximum absolute atomic E-state index is 11.6. The highest BCUT2D eigenvalue weighted by atomic mass is 17.2. The summed E-state index contributed by atoms with van der Waals surface area (Å²) < 4.78 is 10.6. The normalized spacial score (nSPS) is 13.8. The van der Waals surface area contributed by atoms with Crippen LogP contribution in [0, 0.1) is 0 Å². The highest BCUT2D eigenvalue weighted by molar-refractivity contribution is 5.59. The lowest BCUT2D eigenvalue weighted by Crippen LogP contribution is -2.34. The third-order valence-corrected chi connectivity index (χ3v) is 3.38. The number of rotatable bonds is 13. The van der Waals surface area contributed by atoms with Crippen molar-refractivity contribution in [2.45, 2.75) is 98.1 Å². The molecule has 0 saturated heterocycles. The zero-order valence-corrected chi connectivity index (χ0v) is 17.0. The first-order valence-electron chi connectivity index (χ1n) is 8.96. The van der Waals surface area contributed by atoms with Gasteiger partial charge in [-0.1, -0.05) is 6.92 Å². The molecule has 0 bridgehead atoms. The molecule has 1 unspecified atom stereocenters. The SMILES string of the molecule is CCC(C)(C)OOC(C)CCCOOC(=O)OC(C)(C)COC(C)C. The molecule has 25 heavy (non-hydrogen) atoms. The topological polar surface area (TPSA) is 72.5 Å². The summed E-state index contributed by atoms with van der Waals surface area (Å²) in [5, 5.41) is 0. The molecule has 0 spiro atoms. The second kappa shape index (κ2) is 11.7. The molecular formula is C18H36O7. The molecule has 0 rings (SSSR count). The van der Waals surface area contributed by atoms with Gasteiger partial charge in [0.15, 0.2) is 0 Å². The fourth-order valence-electron chi connectivity index (χ4n) is 1.48. The summed E-state index contributed by atoms with van der Waals surface area (Å²) in [4.78, 5) is 31.8. The van der Waals surface area contributed by atoms with E-state index < -0.39 is 11.8 Å². The predicted molar refractivity (Wildman–Crippen MR) is 93.9 cm³/mol. The van der Waals surface area contributed by atoms with E-state index in [4.69, 9.17) is 24.1 Å². The second-order valence-corrected chi connectivity index (χ2v) is 7.62. The molecule has 0 aliphatic carbocycles. The Kier molecular flexibility index (Phi) is 11.3. The Morgan fingerprint density at radius 3 is 2.24 bits per heavy atom. The van der Waals surface area contributed by atoms with Crippen LogP contribution in [0.5, 0.6) is 0 Å². The van der Waals surface area contributed by atoms with Crippen LogP contribution in [-0.4, -0.2) is 42.8 Å². The number of carbonyl (C=O) groups is 1. The molecule has 0 radical (unpaired) electrons. The first kappa shape index (κ1) is 24.1. The number of ether oxygens (including phenoxy) is 2. The van der Waals surface area contributed by atoms with Gasteiger partial charge < -0.3 is 9.47 Å².